The molecule has 1 aliphatic heterocycles. The van der Waals surface area contributed by atoms with E-state index in [1.54, 1.807) is 13.8 Å². The van der Waals surface area contributed by atoms with Crippen molar-refractivity contribution in [3.63, 3.8) is 0 Å². The van der Waals surface area contributed by atoms with Gasteiger partial charge in [-0.15, -0.1) is 0 Å². The fourth-order valence-electron chi connectivity index (χ4n) is 5.65. The third-order valence-corrected chi connectivity index (χ3v) is 8.46. The lowest BCUT2D eigenvalue weighted by Gasteiger charge is -2.32. The van der Waals surface area contributed by atoms with Crippen molar-refractivity contribution in [1.29, 1.82) is 0 Å². The average molecular weight is 553 g/mol. The summed E-state index contributed by atoms with van der Waals surface area (Å²) in [6.07, 6.45) is 1.35. The molecule has 0 atom stereocenters. The van der Waals surface area contributed by atoms with Gasteiger partial charge in [0.05, 0.1) is 16.8 Å². The molecule has 0 radical (unpaired) electrons. The van der Waals surface area contributed by atoms with E-state index < -0.39 is 30.4 Å². The topological polar surface area (TPSA) is 94.1 Å². The van der Waals surface area contributed by atoms with Crippen LogP contribution in [0.5, 0.6) is 0 Å². The highest BCUT2D eigenvalue weighted by Crippen LogP contribution is 2.44. The minimum atomic E-state index is -0.960. The number of carbonyl (C=O) groups excluding carboxylic acids is 1. The maximum absolute atomic E-state index is 13.0. The van der Waals surface area contributed by atoms with Crippen molar-refractivity contribution in [3.05, 3.63) is 99.5 Å². The number of fused-ring (bicyclic) bond motifs is 3. The standard InChI is InChI=1S/C33H36BNO6/c1-20-15-22(16-21(2)29(20)30(36)37)17-23(34-40-32(3,4)33(5,6)41-34)18-35-31(38)39-19-28-26-13-9-7-11-24(26)25-12-8-10-14-27(25)28/h7-17,28H,18-19H2,1-6H3,(H,35,38)(H,36,37). The summed E-state index contributed by atoms with van der Waals surface area (Å²) < 4.78 is 18.3. The zero-order chi connectivity index (χ0) is 29.5. The Labute approximate surface area is 241 Å². The van der Waals surface area contributed by atoms with Crippen molar-refractivity contribution < 1.29 is 28.7 Å². The molecule has 1 aliphatic carbocycles. The lowest BCUT2D eigenvalue weighted by molar-refractivity contribution is 0.00578. The number of hydrogen-bond donors (Lipinski definition) is 2. The van der Waals surface area contributed by atoms with Gasteiger partial charge in [0.2, 0.25) is 0 Å². The lowest BCUT2D eigenvalue weighted by Crippen LogP contribution is -2.41. The van der Waals surface area contributed by atoms with E-state index in [2.05, 4.69) is 29.6 Å². The van der Waals surface area contributed by atoms with E-state index in [9.17, 15) is 14.7 Å². The molecule has 212 valence electrons. The number of nitrogens with one attached hydrogen (secondary N) is 1. The molecule has 0 aromatic heterocycles. The second-order valence-corrected chi connectivity index (χ2v) is 11.8. The molecule has 7 nitrogen and oxygen atoms in total. The largest absolute Gasteiger partial charge is 0.492 e. The van der Waals surface area contributed by atoms with E-state index in [1.807, 2.05) is 70.2 Å². The summed E-state index contributed by atoms with van der Waals surface area (Å²) in [4.78, 5) is 24.7. The number of carboxylic acid groups (broad SMARTS) is 1. The highest BCUT2D eigenvalue weighted by molar-refractivity contribution is 6.56. The van der Waals surface area contributed by atoms with Crippen molar-refractivity contribution in [2.45, 2.75) is 58.7 Å². The van der Waals surface area contributed by atoms with E-state index in [1.165, 1.54) is 11.1 Å². The van der Waals surface area contributed by atoms with Crippen molar-refractivity contribution in [1.82, 2.24) is 5.32 Å². The van der Waals surface area contributed by atoms with Gasteiger partial charge in [-0.3, -0.25) is 0 Å². The summed E-state index contributed by atoms with van der Waals surface area (Å²) in [5.41, 5.74) is 6.58. The molecule has 0 saturated carbocycles. The predicted molar refractivity (Wildman–Crippen MR) is 160 cm³/mol. The van der Waals surface area contributed by atoms with Gasteiger partial charge >= 0.3 is 19.2 Å². The number of ether oxygens (including phenoxy) is 1. The number of aromatic carboxylic acids is 1. The molecular weight excluding hydrogens is 517 g/mol. The Morgan fingerprint density at radius 3 is 1.95 bits per heavy atom. The minimum Gasteiger partial charge on any atom is -0.478 e. The van der Waals surface area contributed by atoms with Gasteiger partial charge < -0.3 is 24.5 Å². The van der Waals surface area contributed by atoms with Crippen LogP contribution in [0.1, 0.15) is 71.8 Å². The maximum Gasteiger partial charge on any atom is 0.492 e. The number of amides is 1. The summed E-state index contributed by atoms with van der Waals surface area (Å²) in [5, 5.41) is 12.5. The smallest absolute Gasteiger partial charge is 0.478 e. The van der Waals surface area contributed by atoms with E-state index in [0.717, 1.165) is 16.7 Å². The first-order chi connectivity index (χ1) is 19.4. The Hall–Kier alpha value is -3.88. The van der Waals surface area contributed by atoms with Crippen molar-refractivity contribution in [2.24, 2.45) is 0 Å². The quantitative estimate of drug-likeness (QED) is 0.322. The molecule has 5 rings (SSSR count). The van der Waals surface area contributed by atoms with Gasteiger partial charge in [0.1, 0.15) is 6.61 Å². The Kier molecular flexibility index (Phi) is 7.57. The zero-order valence-electron chi connectivity index (χ0n) is 24.4. The van der Waals surface area contributed by atoms with Gasteiger partial charge in [0, 0.05) is 12.5 Å². The van der Waals surface area contributed by atoms with Crippen LogP contribution in [0.25, 0.3) is 17.2 Å². The molecular formula is C33H36BNO6. The molecule has 41 heavy (non-hydrogen) atoms. The Bertz CT molecular complexity index is 1460. The molecule has 2 N–H and O–H groups in total. The average Bonchev–Trinajstić information content (AvgIpc) is 3.33. The number of alkyl carbamates (subject to hydrolysis) is 1. The van der Waals surface area contributed by atoms with Crippen molar-refractivity contribution in [3.8, 4) is 11.1 Å². The molecule has 0 spiro atoms. The molecule has 3 aromatic rings. The molecule has 1 heterocycles. The van der Waals surface area contributed by atoms with Gasteiger partial charge in [-0.1, -0.05) is 66.7 Å². The number of benzene rings is 3. The van der Waals surface area contributed by atoms with Crippen molar-refractivity contribution in [2.75, 3.05) is 13.2 Å². The number of carbonyl (C=O) groups is 2. The summed E-state index contributed by atoms with van der Waals surface area (Å²) >= 11 is 0. The van der Waals surface area contributed by atoms with Gasteiger partial charge in [-0.2, -0.15) is 0 Å². The Morgan fingerprint density at radius 1 is 0.927 bits per heavy atom. The fourth-order valence-corrected chi connectivity index (χ4v) is 5.65. The fraction of sp³-hybridized carbons (Fsp3) is 0.333. The number of rotatable bonds is 7. The first-order valence-electron chi connectivity index (χ1n) is 13.9. The molecule has 1 saturated heterocycles. The predicted octanol–water partition coefficient (Wildman–Crippen LogP) is 6.56. The van der Waals surface area contributed by atoms with Gasteiger partial charge in [-0.25, -0.2) is 9.59 Å². The van der Waals surface area contributed by atoms with E-state index in [0.29, 0.717) is 16.6 Å². The van der Waals surface area contributed by atoms with E-state index in [-0.39, 0.29) is 24.6 Å². The monoisotopic (exact) mass is 553 g/mol. The zero-order valence-corrected chi connectivity index (χ0v) is 24.4. The third-order valence-electron chi connectivity index (χ3n) is 8.46. The maximum atomic E-state index is 13.0. The van der Waals surface area contributed by atoms with Crippen LogP contribution in [0.4, 0.5) is 4.79 Å². The number of aryl methyl sites for hydroxylation is 2. The SMILES string of the molecule is Cc1cc(C=C(CNC(=O)OCC2c3ccccc3-c3ccccc32)B2OC(C)(C)C(C)(C)O2)cc(C)c1C(=O)O. The first-order valence-corrected chi connectivity index (χ1v) is 13.9. The third kappa shape index (κ3) is 5.54. The van der Waals surface area contributed by atoms with Crippen LogP contribution in [0.2, 0.25) is 0 Å². The molecule has 3 aromatic carbocycles. The molecule has 2 aliphatic rings. The highest BCUT2D eigenvalue weighted by Gasteiger charge is 2.52. The summed E-state index contributed by atoms with van der Waals surface area (Å²) in [7, 11) is -0.700. The second-order valence-electron chi connectivity index (χ2n) is 11.8. The van der Waals surface area contributed by atoms with Crippen LogP contribution < -0.4 is 5.32 Å². The van der Waals surface area contributed by atoms with Crippen LogP contribution in [-0.2, 0) is 14.0 Å². The molecule has 0 unspecified atom stereocenters. The highest BCUT2D eigenvalue weighted by atomic mass is 16.7. The number of carboxylic acids is 1. The summed E-state index contributed by atoms with van der Waals surface area (Å²) in [6, 6.07) is 20.0. The van der Waals surface area contributed by atoms with Crippen molar-refractivity contribution >= 4 is 25.3 Å². The van der Waals surface area contributed by atoms with Crippen LogP contribution in [-0.4, -0.2) is 48.6 Å². The van der Waals surface area contributed by atoms with Crippen LogP contribution in [0.15, 0.2) is 66.1 Å². The summed E-state index contributed by atoms with van der Waals surface area (Å²) in [6.45, 7) is 11.8. The summed E-state index contributed by atoms with van der Waals surface area (Å²) in [5.74, 6) is -0.997. The van der Waals surface area contributed by atoms with Gasteiger partial charge in [0.15, 0.2) is 0 Å². The normalized spacial score (nSPS) is 17.2. The number of hydrogen-bond acceptors (Lipinski definition) is 5. The van der Waals surface area contributed by atoms with Crippen LogP contribution >= 0.6 is 0 Å². The van der Waals surface area contributed by atoms with Gasteiger partial charge in [-0.05, 0) is 86.0 Å². The minimum absolute atomic E-state index is 0.0371. The lowest BCUT2D eigenvalue weighted by atomic mass is 9.76. The second kappa shape index (κ2) is 10.8. The molecule has 0 bridgehead atoms. The Morgan fingerprint density at radius 2 is 1.44 bits per heavy atom. The molecule has 8 heteroatoms. The van der Waals surface area contributed by atoms with Gasteiger partial charge in [0.25, 0.3) is 0 Å². The Balaban J connectivity index is 1.34. The molecule has 1 fully saturated rings. The van der Waals surface area contributed by atoms with Crippen LogP contribution in [0, 0.1) is 13.8 Å². The first kappa shape index (κ1) is 28.6. The van der Waals surface area contributed by atoms with E-state index in [4.69, 9.17) is 14.0 Å². The van der Waals surface area contributed by atoms with E-state index >= 15 is 0 Å². The van der Waals surface area contributed by atoms with Crippen LogP contribution in [0.3, 0.4) is 0 Å². The molecule has 1 amide bonds.